The van der Waals surface area contributed by atoms with Crippen molar-refractivity contribution in [3.63, 3.8) is 0 Å². The van der Waals surface area contributed by atoms with Gasteiger partial charge in [-0.05, 0) is 24.4 Å². The molecular weight excluding hydrogens is 172 g/mol. The summed E-state index contributed by atoms with van der Waals surface area (Å²) in [4.78, 5) is 2.53. The van der Waals surface area contributed by atoms with Crippen molar-refractivity contribution < 1.29 is 0 Å². The second-order valence-corrected chi connectivity index (χ2v) is 4.48. The highest BCUT2D eigenvalue weighted by atomic mass is 15.2. The van der Waals surface area contributed by atoms with E-state index in [4.69, 9.17) is 5.73 Å². The van der Waals surface area contributed by atoms with Crippen molar-refractivity contribution in [2.45, 2.75) is 18.5 Å². The molecule has 0 saturated carbocycles. The number of nitrogens with two attached hydrogens (primary N) is 1. The Labute approximate surface area is 84.7 Å². The normalized spacial score (nSPS) is 40.4. The van der Waals surface area contributed by atoms with Gasteiger partial charge in [-0.15, -0.1) is 0 Å². The molecule has 2 nitrogen and oxygen atoms in total. The maximum atomic E-state index is 6.25. The van der Waals surface area contributed by atoms with Crippen LogP contribution in [0.3, 0.4) is 0 Å². The molecular formula is C12H16N2. The smallest absolute Gasteiger partial charge is 0.0502 e. The van der Waals surface area contributed by atoms with Crippen LogP contribution in [-0.2, 0) is 0 Å². The fourth-order valence-corrected chi connectivity index (χ4v) is 2.97. The maximum Gasteiger partial charge on any atom is 0.0502 e. The van der Waals surface area contributed by atoms with Gasteiger partial charge in [0.1, 0.15) is 0 Å². The molecule has 2 aliphatic rings. The molecule has 3 rings (SSSR count). The Bertz CT molecular complexity index is 320. The molecule has 2 bridgehead atoms. The second kappa shape index (κ2) is 3.07. The zero-order valence-electron chi connectivity index (χ0n) is 8.26. The van der Waals surface area contributed by atoms with Crippen LogP contribution in [0, 0.1) is 5.92 Å². The number of fused-ring (bicyclic) bond motifs is 2. The first kappa shape index (κ1) is 8.45. The Morgan fingerprint density at radius 3 is 2.64 bits per heavy atom. The first-order valence-electron chi connectivity index (χ1n) is 5.41. The quantitative estimate of drug-likeness (QED) is 0.721. The highest BCUT2D eigenvalue weighted by Gasteiger charge is 2.44. The van der Waals surface area contributed by atoms with Crippen LogP contribution < -0.4 is 5.73 Å². The molecule has 1 aromatic carbocycles. The molecule has 0 spiro atoms. The molecule has 1 unspecified atom stereocenters. The lowest BCUT2D eigenvalue weighted by Crippen LogP contribution is -2.38. The average molecular weight is 188 g/mol. The van der Waals surface area contributed by atoms with Gasteiger partial charge < -0.3 is 5.73 Å². The molecule has 0 aromatic heterocycles. The van der Waals surface area contributed by atoms with Crippen molar-refractivity contribution >= 4 is 0 Å². The molecule has 2 aliphatic heterocycles. The molecule has 0 aliphatic carbocycles. The molecule has 0 radical (unpaired) electrons. The van der Waals surface area contributed by atoms with E-state index in [1.807, 2.05) is 0 Å². The predicted octanol–water partition coefficient (Wildman–Crippen LogP) is 1.39. The number of nitrogens with zero attached hydrogens (tertiary/aromatic N) is 1. The van der Waals surface area contributed by atoms with E-state index in [1.54, 1.807) is 0 Å². The summed E-state index contributed by atoms with van der Waals surface area (Å²) >= 11 is 0. The van der Waals surface area contributed by atoms with Gasteiger partial charge in [0.25, 0.3) is 0 Å². The molecule has 2 N–H and O–H groups in total. The highest BCUT2D eigenvalue weighted by Crippen LogP contribution is 2.40. The van der Waals surface area contributed by atoms with Gasteiger partial charge in [0.2, 0.25) is 0 Å². The van der Waals surface area contributed by atoms with E-state index in [1.165, 1.54) is 25.1 Å². The first-order valence-corrected chi connectivity index (χ1v) is 5.41. The fraction of sp³-hybridized carbons (Fsp3) is 0.500. The van der Waals surface area contributed by atoms with Gasteiger partial charge in [0.15, 0.2) is 0 Å². The van der Waals surface area contributed by atoms with E-state index < -0.39 is 0 Å². The summed E-state index contributed by atoms with van der Waals surface area (Å²) in [6.07, 6.45) is 1.30. The topological polar surface area (TPSA) is 29.3 Å². The third kappa shape index (κ3) is 1.11. The standard InChI is InChI=1S/C12H16N2/c13-11-10-6-7-14(8-10)12(11)9-4-2-1-3-5-9/h1-5,10-12H,6-8,13H2/t10-,11-,12+/m1/s1. The average Bonchev–Trinajstić information content (AvgIpc) is 2.79. The molecule has 74 valence electrons. The van der Waals surface area contributed by atoms with Gasteiger partial charge in [0.05, 0.1) is 6.04 Å². The third-order valence-electron chi connectivity index (χ3n) is 3.70. The molecule has 2 heterocycles. The summed E-state index contributed by atoms with van der Waals surface area (Å²) in [6, 6.07) is 11.5. The summed E-state index contributed by atoms with van der Waals surface area (Å²) < 4.78 is 0. The molecule has 2 saturated heterocycles. The minimum Gasteiger partial charge on any atom is -0.326 e. The van der Waals surface area contributed by atoms with Crippen molar-refractivity contribution in [1.82, 2.24) is 4.90 Å². The predicted molar refractivity (Wildman–Crippen MR) is 56.8 cm³/mol. The van der Waals surface area contributed by atoms with Gasteiger partial charge in [0, 0.05) is 12.6 Å². The Morgan fingerprint density at radius 1 is 1.21 bits per heavy atom. The zero-order valence-corrected chi connectivity index (χ0v) is 8.26. The summed E-state index contributed by atoms with van der Waals surface area (Å²) in [5, 5.41) is 0. The SMILES string of the molecule is N[C@@H]1[C@@H]2CCN(C2)[C@H]1c1ccccc1. The second-order valence-electron chi connectivity index (χ2n) is 4.48. The Kier molecular flexibility index (Phi) is 1.85. The summed E-state index contributed by atoms with van der Waals surface area (Å²) in [5.41, 5.74) is 7.65. The number of benzene rings is 1. The fourth-order valence-electron chi connectivity index (χ4n) is 2.97. The molecule has 0 amide bonds. The van der Waals surface area contributed by atoms with E-state index in [-0.39, 0.29) is 0 Å². The van der Waals surface area contributed by atoms with Gasteiger partial charge in [-0.1, -0.05) is 30.3 Å². The van der Waals surface area contributed by atoms with Crippen molar-refractivity contribution in [2.75, 3.05) is 13.1 Å². The van der Waals surface area contributed by atoms with Crippen molar-refractivity contribution in [2.24, 2.45) is 11.7 Å². The maximum absolute atomic E-state index is 6.25. The Balaban J connectivity index is 1.93. The summed E-state index contributed by atoms with van der Waals surface area (Å²) in [5.74, 6) is 0.736. The lowest BCUT2D eigenvalue weighted by atomic mass is 9.90. The minimum absolute atomic E-state index is 0.353. The molecule has 2 fully saturated rings. The van der Waals surface area contributed by atoms with Crippen LogP contribution in [0.5, 0.6) is 0 Å². The van der Waals surface area contributed by atoms with Gasteiger partial charge in [-0.3, -0.25) is 4.90 Å². The third-order valence-corrected chi connectivity index (χ3v) is 3.70. The minimum atomic E-state index is 0.353. The Morgan fingerprint density at radius 2 is 2.00 bits per heavy atom. The van der Waals surface area contributed by atoms with E-state index in [9.17, 15) is 0 Å². The first-order chi connectivity index (χ1) is 6.86. The largest absolute Gasteiger partial charge is 0.326 e. The highest BCUT2D eigenvalue weighted by molar-refractivity contribution is 5.24. The lowest BCUT2D eigenvalue weighted by Gasteiger charge is -2.30. The number of hydrogen-bond acceptors (Lipinski definition) is 2. The van der Waals surface area contributed by atoms with Gasteiger partial charge >= 0.3 is 0 Å². The van der Waals surface area contributed by atoms with E-state index in [0.29, 0.717) is 12.1 Å². The van der Waals surface area contributed by atoms with E-state index >= 15 is 0 Å². The van der Waals surface area contributed by atoms with Gasteiger partial charge in [-0.2, -0.15) is 0 Å². The van der Waals surface area contributed by atoms with E-state index in [0.717, 1.165) is 5.92 Å². The number of hydrogen-bond donors (Lipinski definition) is 1. The van der Waals surface area contributed by atoms with E-state index in [2.05, 4.69) is 35.2 Å². The molecule has 1 aromatic rings. The van der Waals surface area contributed by atoms with Gasteiger partial charge in [-0.25, -0.2) is 0 Å². The lowest BCUT2D eigenvalue weighted by molar-refractivity contribution is 0.243. The number of piperidine rings is 1. The van der Waals surface area contributed by atoms with Crippen LogP contribution in [0.25, 0.3) is 0 Å². The summed E-state index contributed by atoms with van der Waals surface area (Å²) in [6.45, 7) is 2.44. The zero-order chi connectivity index (χ0) is 9.54. The van der Waals surface area contributed by atoms with Crippen LogP contribution in [0.15, 0.2) is 30.3 Å². The van der Waals surface area contributed by atoms with Crippen LogP contribution >= 0.6 is 0 Å². The molecule has 4 atom stereocenters. The van der Waals surface area contributed by atoms with Crippen molar-refractivity contribution in [3.05, 3.63) is 35.9 Å². The monoisotopic (exact) mass is 188 g/mol. The van der Waals surface area contributed by atoms with Crippen molar-refractivity contribution in [3.8, 4) is 0 Å². The summed E-state index contributed by atoms with van der Waals surface area (Å²) in [7, 11) is 0. The molecule has 14 heavy (non-hydrogen) atoms. The van der Waals surface area contributed by atoms with Crippen LogP contribution in [0.4, 0.5) is 0 Å². The molecule has 2 heteroatoms. The van der Waals surface area contributed by atoms with Crippen molar-refractivity contribution in [1.29, 1.82) is 0 Å². The van der Waals surface area contributed by atoms with Crippen LogP contribution in [0.2, 0.25) is 0 Å². The van der Waals surface area contributed by atoms with Crippen LogP contribution in [-0.4, -0.2) is 24.0 Å². The van der Waals surface area contributed by atoms with Crippen LogP contribution in [0.1, 0.15) is 18.0 Å². The Hall–Kier alpha value is -0.860. The number of rotatable bonds is 1.